The molecule has 8 heteroatoms. The number of piperidine rings is 1. The zero-order valence-corrected chi connectivity index (χ0v) is 20.2. The molecule has 1 aliphatic rings. The van der Waals surface area contributed by atoms with Gasteiger partial charge in [-0.25, -0.2) is 8.42 Å². The van der Waals surface area contributed by atoms with E-state index in [0.717, 1.165) is 12.0 Å². The summed E-state index contributed by atoms with van der Waals surface area (Å²) in [6.45, 7) is 8.77. The molecule has 4 rings (SSSR count). The van der Waals surface area contributed by atoms with Crippen LogP contribution in [0.5, 0.6) is 0 Å². The molecular formula is C24H27ClN2O4S. The highest BCUT2D eigenvalue weighted by Gasteiger charge is 2.32. The van der Waals surface area contributed by atoms with Gasteiger partial charge in [-0.15, -0.1) is 0 Å². The minimum Gasteiger partial charge on any atom is -0.451 e. The normalized spacial score (nSPS) is 19.9. The van der Waals surface area contributed by atoms with Crippen molar-refractivity contribution in [2.75, 3.05) is 18.4 Å². The Hall–Kier alpha value is -2.35. The zero-order chi connectivity index (χ0) is 23.2. The molecule has 1 aromatic heterocycles. The third-order valence-corrected chi connectivity index (χ3v) is 8.34. The lowest BCUT2D eigenvalue weighted by Gasteiger charge is -2.34. The summed E-state index contributed by atoms with van der Waals surface area (Å²) >= 11 is 6.15. The largest absolute Gasteiger partial charge is 0.451 e. The third-order valence-electron chi connectivity index (χ3n) is 6.10. The summed E-state index contributed by atoms with van der Waals surface area (Å²) in [6, 6.07) is 10.1. The van der Waals surface area contributed by atoms with Crippen molar-refractivity contribution in [1.29, 1.82) is 0 Å². The van der Waals surface area contributed by atoms with E-state index in [1.165, 1.54) is 0 Å². The van der Waals surface area contributed by atoms with Crippen LogP contribution in [0.15, 0.2) is 45.7 Å². The first-order chi connectivity index (χ1) is 15.1. The van der Waals surface area contributed by atoms with Gasteiger partial charge in [0, 0.05) is 34.7 Å². The number of nitrogens with one attached hydrogen (secondary N) is 1. The SMILES string of the molecule is Cc1c(Cl)cccc1NC(=O)c1oc2ccc(S(=O)(=O)N3CC(C)CC(C)C3)cc2c1C. The van der Waals surface area contributed by atoms with Gasteiger partial charge in [0.1, 0.15) is 5.58 Å². The monoisotopic (exact) mass is 474 g/mol. The van der Waals surface area contributed by atoms with Crippen molar-refractivity contribution in [3.8, 4) is 0 Å². The maximum absolute atomic E-state index is 13.3. The Bertz CT molecular complexity index is 1290. The first kappa shape index (κ1) is 22.8. The van der Waals surface area contributed by atoms with Gasteiger partial charge in [-0.05, 0) is 68.0 Å². The first-order valence-electron chi connectivity index (χ1n) is 10.7. The van der Waals surface area contributed by atoms with Crippen molar-refractivity contribution in [3.05, 3.63) is 58.3 Å². The van der Waals surface area contributed by atoms with Gasteiger partial charge in [-0.3, -0.25) is 4.79 Å². The van der Waals surface area contributed by atoms with Crippen LogP contribution < -0.4 is 5.32 Å². The van der Waals surface area contributed by atoms with E-state index >= 15 is 0 Å². The number of fused-ring (bicyclic) bond motifs is 1. The summed E-state index contributed by atoms with van der Waals surface area (Å²) in [4.78, 5) is 13.1. The number of halogens is 1. The lowest BCUT2D eigenvalue weighted by atomic mass is 9.94. The molecule has 0 spiro atoms. The van der Waals surface area contributed by atoms with Gasteiger partial charge in [0.25, 0.3) is 5.91 Å². The Labute approximate surface area is 193 Å². The van der Waals surface area contributed by atoms with Crippen LogP contribution in [-0.2, 0) is 10.0 Å². The number of hydrogen-bond donors (Lipinski definition) is 1. The number of carbonyl (C=O) groups excluding carboxylic acids is 1. The Balaban J connectivity index is 1.66. The summed E-state index contributed by atoms with van der Waals surface area (Å²) in [5.41, 5.74) is 2.41. The molecule has 2 heterocycles. The average Bonchev–Trinajstić information content (AvgIpc) is 3.07. The van der Waals surface area contributed by atoms with Gasteiger partial charge in [0.2, 0.25) is 10.0 Å². The van der Waals surface area contributed by atoms with Crippen molar-refractivity contribution in [1.82, 2.24) is 4.31 Å². The molecule has 1 fully saturated rings. The number of furan rings is 1. The Morgan fingerprint density at radius 1 is 1.09 bits per heavy atom. The van der Waals surface area contributed by atoms with Crippen LogP contribution in [0.25, 0.3) is 11.0 Å². The van der Waals surface area contributed by atoms with E-state index in [1.54, 1.807) is 47.6 Å². The molecular weight excluding hydrogens is 448 g/mol. The Kier molecular flexibility index (Phi) is 6.09. The predicted octanol–water partition coefficient (Wildman–Crippen LogP) is 5.62. The molecule has 1 amide bonds. The topological polar surface area (TPSA) is 79.6 Å². The molecule has 0 radical (unpaired) electrons. The van der Waals surface area contributed by atoms with E-state index in [1.807, 2.05) is 6.92 Å². The van der Waals surface area contributed by atoms with Crippen LogP contribution in [-0.4, -0.2) is 31.7 Å². The smallest absolute Gasteiger partial charge is 0.291 e. The highest BCUT2D eigenvalue weighted by atomic mass is 35.5. The van der Waals surface area contributed by atoms with E-state index in [0.29, 0.717) is 52.2 Å². The lowest BCUT2D eigenvalue weighted by Crippen LogP contribution is -2.42. The quantitative estimate of drug-likeness (QED) is 0.532. The third kappa shape index (κ3) is 4.17. The summed E-state index contributed by atoms with van der Waals surface area (Å²) in [7, 11) is -3.63. The van der Waals surface area contributed by atoms with Crippen molar-refractivity contribution in [2.45, 2.75) is 39.0 Å². The zero-order valence-electron chi connectivity index (χ0n) is 18.6. The molecule has 1 N–H and O–H groups in total. The van der Waals surface area contributed by atoms with E-state index < -0.39 is 15.9 Å². The fraction of sp³-hybridized carbons (Fsp3) is 0.375. The number of sulfonamides is 1. The number of amides is 1. The second kappa shape index (κ2) is 8.54. The molecule has 6 nitrogen and oxygen atoms in total. The van der Waals surface area contributed by atoms with Crippen LogP contribution in [0, 0.1) is 25.7 Å². The van der Waals surface area contributed by atoms with Gasteiger partial charge in [0.05, 0.1) is 4.90 Å². The summed E-state index contributed by atoms with van der Waals surface area (Å²) < 4.78 is 33.9. The summed E-state index contributed by atoms with van der Waals surface area (Å²) in [5, 5.41) is 4.00. The number of hydrogen-bond acceptors (Lipinski definition) is 4. The van der Waals surface area contributed by atoms with E-state index in [-0.39, 0.29) is 10.7 Å². The Morgan fingerprint density at radius 3 is 2.47 bits per heavy atom. The molecule has 32 heavy (non-hydrogen) atoms. The van der Waals surface area contributed by atoms with Crippen molar-refractivity contribution < 1.29 is 17.6 Å². The molecule has 3 aromatic rings. The fourth-order valence-corrected chi connectivity index (χ4v) is 6.33. The molecule has 2 aromatic carbocycles. The van der Waals surface area contributed by atoms with Gasteiger partial charge < -0.3 is 9.73 Å². The second-order valence-electron chi connectivity index (χ2n) is 8.85. The van der Waals surface area contributed by atoms with E-state index in [9.17, 15) is 13.2 Å². The van der Waals surface area contributed by atoms with Crippen LogP contribution in [0.3, 0.4) is 0 Å². The molecule has 1 saturated heterocycles. The van der Waals surface area contributed by atoms with Crippen LogP contribution >= 0.6 is 11.6 Å². The first-order valence-corrected chi connectivity index (χ1v) is 12.5. The Morgan fingerprint density at radius 2 is 1.78 bits per heavy atom. The van der Waals surface area contributed by atoms with Gasteiger partial charge >= 0.3 is 0 Å². The number of anilines is 1. The molecule has 2 unspecified atom stereocenters. The van der Waals surface area contributed by atoms with Crippen LogP contribution in [0.2, 0.25) is 5.02 Å². The average molecular weight is 475 g/mol. The van der Waals surface area contributed by atoms with Crippen molar-refractivity contribution >= 4 is 44.2 Å². The number of aryl methyl sites for hydroxylation is 1. The van der Waals surface area contributed by atoms with E-state index in [2.05, 4.69) is 19.2 Å². The lowest BCUT2D eigenvalue weighted by molar-refractivity contribution is 0.0998. The standard InChI is InChI=1S/C24H27ClN2O4S/c1-14-10-15(2)13-27(12-14)32(29,30)18-8-9-22-19(11-18)16(3)23(31-22)24(28)26-21-7-5-6-20(25)17(21)4/h5-9,11,14-15H,10,12-13H2,1-4H3,(H,26,28). The maximum Gasteiger partial charge on any atom is 0.291 e. The molecule has 0 bridgehead atoms. The fourth-order valence-electron chi connectivity index (χ4n) is 4.45. The summed E-state index contributed by atoms with van der Waals surface area (Å²) in [5.74, 6) is 0.373. The highest BCUT2D eigenvalue weighted by Crippen LogP contribution is 2.32. The number of benzene rings is 2. The van der Waals surface area contributed by atoms with Gasteiger partial charge in [-0.1, -0.05) is 31.5 Å². The molecule has 1 aliphatic heterocycles. The second-order valence-corrected chi connectivity index (χ2v) is 11.2. The maximum atomic E-state index is 13.3. The molecule has 2 atom stereocenters. The highest BCUT2D eigenvalue weighted by molar-refractivity contribution is 7.89. The van der Waals surface area contributed by atoms with Crippen molar-refractivity contribution in [3.63, 3.8) is 0 Å². The number of nitrogens with zero attached hydrogens (tertiary/aromatic N) is 1. The minimum atomic E-state index is -3.63. The predicted molar refractivity (Wildman–Crippen MR) is 127 cm³/mol. The number of carbonyl (C=O) groups is 1. The molecule has 170 valence electrons. The van der Waals surface area contributed by atoms with Gasteiger partial charge in [-0.2, -0.15) is 4.31 Å². The summed E-state index contributed by atoms with van der Waals surface area (Å²) in [6.07, 6.45) is 1.02. The van der Waals surface area contributed by atoms with Gasteiger partial charge in [0.15, 0.2) is 5.76 Å². The van der Waals surface area contributed by atoms with Crippen molar-refractivity contribution in [2.24, 2.45) is 11.8 Å². The molecule has 0 saturated carbocycles. The van der Waals surface area contributed by atoms with Crippen LogP contribution in [0.1, 0.15) is 41.9 Å². The van der Waals surface area contributed by atoms with E-state index in [4.69, 9.17) is 16.0 Å². The minimum absolute atomic E-state index is 0.147. The molecule has 0 aliphatic carbocycles. The van der Waals surface area contributed by atoms with Crippen LogP contribution in [0.4, 0.5) is 5.69 Å². The number of rotatable bonds is 4.